The van der Waals surface area contributed by atoms with Gasteiger partial charge in [-0.25, -0.2) is 0 Å². The van der Waals surface area contributed by atoms with Gasteiger partial charge in [0.2, 0.25) is 0 Å². The van der Waals surface area contributed by atoms with Gasteiger partial charge in [-0.15, -0.1) is 0 Å². The summed E-state index contributed by atoms with van der Waals surface area (Å²) in [5, 5.41) is 3.43. The van der Waals surface area contributed by atoms with Crippen molar-refractivity contribution in [1.29, 1.82) is 0 Å². The molecule has 1 fully saturated rings. The third kappa shape index (κ3) is 3.83. The Bertz CT molecular complexity index is 476. The molecule has 1 aromatic carbocycles. The van der Waals surface area contributed by atoms with Crippen molar-refractivity contribution >= 4 is 21.9 Å². The van der Waals surface area contributed by atoms with E-state index in [2.05, 4.69) is 21.2 Å². The van der Waals surface area contributed by atoms with Gasteiger partial charge in [0.25, 0.3) is 0 Å². The number of hydrogen-bond donors (Lipinski definition) is 1. The number of carbonyl (C=O) groups is 1. The van der Waals surface area contributed by atoms with Crippen LogP contribution < -0.4 is 5.32 Å². The first-order valence-corrected chi connectivity index (χ1v) is 7.88. The first-order chi connectivity index (χ1) is 9.38. The fraction of sp³-hybridized carbons (Fsp3) is 0.562. The fourth-order valence-corrected chi connectivity index (χ4v) is 3.13. The first kappa shape index (κ1) is 15.5. The fourth-order valence-electron chi connectivity index (χ4n) is 2.60. The maximum atomic E-state index is 12.6. The summed E-state index contributed by atoms with van der Waals surface area (Å²) in [6.07, 6.45) is 2.11. The summed E-state index contributed by atoms with van der Waals surface area (Å²) in [7, 11) is 0. The molecule has 20 heavy (non-hydrogen) atoms. The number of rotatable bonds is 3. The average Bonchev–Trinajstić information content (AvgIpc) is 2.83. The number of halogens is 1. The van der Waals surface area contributed by atoms with Crippen molar-refractivity contribution in [3.8, 4) is 0 Å². The Morgan fingerprint density at radius 2 is 2.10 bits per heavy atom. The quantitative estimate of drug-likeness (QED) is 0.854. The number of hydrogen-bond acceptors (Lipinski definition) is 3. The van der Waals surface area contributed by atoms with Crippen molar-refractivity contribution in [2.45, 2.75) is 51.2 Å². The maximum absolute atomic E-state index is 12.6. The monoisotopic (exact) mass is 339 g/mol. The number of benzene rings is 1. The van der Waals surface area contributed by atoms with Gasteiger partial charge in [0.1, 0.15) is 5.60 Å². The Morgan fingerprint density at radius 3 is 2.65 bits per heavy atom. The van der Waals surface area contributed by atoms with Crippen molar-refractivity contribution in [1.82, 2.24) is 5.32 Å². The Kier molecular flexibility index (Phi) is 4.86. The highest BCUT2D eigenvalue weighted by Gasteiger charge is 2.35. The van der Waals surface area contributed by atoms with Gasteiger partial charge in [0, 0.05) is 10.5 Å². The summed E-state index contributed by atoms with van der Waals surface area (Å²) >= 11 is 3.56. The molecule has 0 saturated carbocycles. The van der Waals surface area contributed by atoms with E-state index in [0.29, 0.717) is 0 Å². The molecule has 1 aliphatic rings. The van der Waals surface area contributed by atoms with E-state index < -0.39 is 5.60 Å². The molecule has 0 amide bonds. The van der Waals surface area contributed by atoms with E-state index in [1.807, 2.05) is 45.0 Å². The van der Waals surface area contributed by atoms with Gasteiger partial charge >= 0.3 is 5.97 Å². The largest absolute Gasteiger partial charge is 0.459 e. The van der Waals surface area contributed by atoms with Gasteiger partial charge in [-0.1, -0.05) is 34.1 Å². The molecule has 0 aliphatic carbocycles. The zero-order valence-electron chi connectivity index (χ0n) is 12.3. The molecule has 4 heteroatoms. The molecule has 0 aromatic heterocycles. The van der Waals surface area contributed by atoms with E-state index >= 15 is 0 Å². The molecule has 1 aliphatic heterocycles. The molecule has 0 radical (unpaired) electrons. The Balaban J connectivity index is 2.30. The number of nitrogens with one attached hydrogen (secondary N) is 1. The van der Waals surface area contributed by atoms with Crippen LogP contribution in [0.2, 0.25) is 0 Å². The van der Waals surface area contributed by atoms with E-state index in [0.717, 1.165) is 29.4 Å². The van der Waals surface area contributed by atoms with E-state index in [4.69, 9.17) is 4.74 Å². The second kappa shape index (κ2) is 6.27. The van der Waals surface area contributed by atoms with Crippen LogP contribution in [-0.2, 0) is 9.53 Å². The van der Waals surface area contributed by atoms with Crippen molar-refractivity contribution < 1.29 is 9.53 Å². The maximum Gasteiger partial charge on any atom is 0.315 e. The van der Waals surface area contributed by atoms with Crippen molar-refractivity contribution in [2.75, 3.05) is 6.54 Å². The molecule has 0 spiro atoms. The summed E-state index contributed by atoms with van der Waals surface area (Å²) in [6.45, 7) is 6.69. The molecule has 2 rings (SSSR count). The van der Waals surface area contributed by atoms with Crippen LogP contribution in [-0.4, -0.2) is 24.2 Å². The lowest BCUT2D eigenvalue weighted by molar-refractivity contribution is -0.157. The van der Waals surface area contributed by atoms with Gasteiger partial charge < -0.3 is 10.1 Å². The lowest BCUT2D eigenvalue weighted by Gasteiger charge is -2.28. The van der Waals surface area contributed by atoms with Crippen molar-refractivity contribution in [3.63, 3.8) is 0 Å². The van der Waals surface area contributed by atoms with E-state index in [-0.39, 0.29) is 17.9 Å². The number of carbonyl (C=O) groups excluding carboxylic acids is 1. The molecule has 1 aromatic rings. The smallest absolute Gasteiger partial charge is 0.315 e. The third-order valence-electron chi connectivity index (χ3n) is 3.40. The molecule has 3 nitrogen and oxygen atoms in total. The van der Waals surface area contributed by atoms with Gasteiger partial charge in [-0.05, 0) is 51.8 Å². The molecular formula is C16H22BrNO2. The normalized spacial score (nSPS) is 20.7. The summed E-state index contributed by atoms with van der Waals surface area (Å²) in [5.74, 6) is -0.406. The van der Waals surface area contributed by atoms with Crippen LogP contribution >= 0.6 is 15.9 Å². The summed E-state index contributed by atoms with van der Waals surface area (Å²) < 4.78 is 6.58. The molecule has 0 bridgehead atoms. The van der Waals surface area contributed by atoms with Crippen LogP contribution in [0.5, 0.6) is 0 Å². The second-order valence-corrected chi connectivity index (χ2v) is 7.09. The highest BCUT2D eigenvalue weighted by Crippen LogP contribution is 2.32. The minimum absolute atomic E-state index is 0.149. The molecule has 110 valence electrons. The highest BCUT2D eigenvalue weighted by atomic mass is 79.9. The van der Waals surface area contributed by atoms with Gasteiger partial charge in [-0.2, -0.15) is 0 Å². The molecule has 0 unspecified atom stereocenters. The SMILES string of the molecule is CC(C)(C)OC(=O)[C@H](c1ccccc1Br)[C@@H]1CCCN1. The Morgan fingerprint density at radius 1 is 1.40 bits per heavy atom. The molecule has 1 saturated heterocycles. The van der Waals surface area contributed by atoms with Crippen molar-refractivity contribution in [3.05, 3.63) is 34.3 Å². The highest BCUT2D eigenvalue weighted by molar-refractivity contribution is 9.10. The lowest BCUT2D eigenvalue weighted by Crippen LogP contribution is -2.38. The minimum atomic E-state index is -0.463. The third-order valence-corrected chi connectivity index (χ3v) is 4.12. The van der Waals surface area contributed by atoms with Gasteiger partial charge in [0.05, 0.1) is 5.92 Å². The minimum Gasteiger partial charge on any atom is -0.459 e. The van der Waals surface area contributed by atoms with Crippen LogP contribution in [0.3, 0.4) is 0 Å². The topological polar surface area (TPSA) is 38.3 Å². The van der Waals surface area contributed by atoms with Crippen LogP contribution in [0.25, 0.3) is 0 Å². The number of ether oxygens (including phenoxy) is 1. The Hall–Kier alpha value is -0.870. The molecule has 1 N–H and O–H groups in total. The zero-order chi connectivity index (χ0) is 14.8. The second-order valence-electron chi connectivity index (χ2n) is 6.24. The lowest BCUT2D eigenvalue weighted by atomic mass is 9.90. The van der Waals surface area contributed by atoms with Crippen LogP contribution in [0.4, 0.5) is 0 Å². The summed E-state index contributed by atoms with van der Waals surface area (Å²) in [5.41, 5.74) is 0.538. The van der Waals surface area contributed by atoms with Gasteiger partial charge in [0.15, 0.2) is 0 Å². The molecule has 1 heterocycles. The van der Waals surface area contributed by atoms with Crippen molar-refractivity contribution in [2.24, 2.45) is 0 Å². The molecule has 2 atom stereocenters. The zero-order valence-corrected chi connectivity index (χ0v) is 13.9. The van der Waals surface area contributed by atoms with Crippen LogP contribution in [0.1, 0.15) is 45.1 Å². The van der Waals surface area contributed by atoms with E-state index in [9.17, 15) is 4.79 Å². The van der Waals surface area contributed by atoms with Crippen LogP contribution in [0.15, 0.2) is 28.7 Å². The summed E-state index contributed by atoms with van der Waals surface area (Å²) in [6, 6.07) is 8.05. The number of esters is 1. The average molecular weight is 340 g/mol. The van der Waals surface area contributed by atoms with E-state index in [1.54, 1.807) is 0 Å². The predicted octanol–water partition coefficient (Wildman–Crippen LogP) is 3.63. The van der Waals surface area contributed by atoms with Crippen LogP contribution in [0, 0.1) is 0 Å². The predicted molar refractivity (Wildman–Crippen MR) is 83.8 cm³/mol. The standard InChI is InChI=1S/C16H22BrNO2/c1-16(2,3)20-15(19)14(13-9-6-10-18-13)11-7-4-5-8-12(11)17/h4-5,7-8,13-14,18H,6,9-10H2,1-3H3/t13-,14+/m0/s1. The summed E-state index contributed by atoms with van der Waals surface area (Å²) in [4.78, 5) is 12.6. The van der Waals surface area contributed by atoms with E-state index in [1.165, 1.54) is 0 Å². The first-order valence-electron chi connectivity index (χ1n) is 7.09. The Labute approximate surface area is 129 Å². The molecular weight excluding hydrogens is 318 g/mol. The van der Waals surface area contributed by atoms with Gasteiger partial charge in [-0.3, -0.25) is 4.79 Å².